The van der Waals surface area contributed by atoms with Gasteiger partial charge in [0.2, 0.25) is 0 Å². The fourth-order valence-corrected chi connectivity index (χ4v) is 4.09. The average Bonchev–Trinajstić information content (AvgIpc) is 3.01. The number of aryl methyl sites for hydroxylation is 1. The highest BCUT2D eigenvalue weighted by molar-refractivity contribution is 5.23. The number of rotatable bonds is 4. The number of hydrogen-bond donors (Lipinski definition) is 1. The van der Waals surface area contributed by atoms with E-state index in [4.69, 9.17) is 10.5 Å². The second-order valence-corrected chi connectivity index (χ2v) is 6.71. The molecule has 3 rings (SSSR count). The van der Waals surface area contributed by atoms with Gasteiger partial charge >= 0.3 is 0 Å². The second kappa shape index (κ2) is 6.47. The summed E-state index contributed by atoms with van der Waals surface area (Å²) in [4.78, 5) is 2.63. The molecule has 21 heavy (non-hydrogen) atoms. The van der Waals surface area contributed by atoms with Gasteiger partial charge < -0.3 is 10.5 Å². The summed E-state index contributed by atoms with van der Waals surface area (Å²) < 4.78 is 5.53. The van der Waals surface area contributed by atoms with Gasteiger partial charge in [-0.15, -0.1) is 0 Å². The van der Waals surface area contributed by atoms with Crippen molar-refractivity contribution in [3.63, 3.8) is 0 Å². The monoisotopic (exact) mass is 288 g/mol. The van der Waals surface area contributed by atoms with Gasteiger partial charge in [0.15, 0.2) is 0 Å². The molecule has 1 aliphatic heterocycles. The van der Waals surface area contributed by atoms with E-state index in [1.807, 2.05) is 0 Å². The Balaban J connectivity index is 1.74. The first-order valence-electron chi connectivity index (χ1n) is 8.35. The third-order valence-corrected chi connectivity index (χ3v) is 5.38. The first kappa shape index (κ1) is 15.0. The summed E-state index contributed by atoms with van der Waals surface area (Å²) in [6.45, 7) is 5.94. The fraction of sp³-hybridized carbons (Fsp3) is 0.667. The molecule has 1 heterocycles. The minimum atomic E-state index is 0.203. The highest BCUT2D eigenvalue weighted by atomic mass is 16.5. The maximum absolute atomic E-state index is 6.73. The van der Waals surface area contributed by atoms with Crippen molar-refractivity contribution in [2.75, 3.05) is 26.3 Å². The molecular weight excluding hydrogens is 260 g/mol. The van der Waals surface area contributed by atoms with E-state index in [0.717, 1.165) is 32.7 Å². The van der Waals surface area contributed by atoms with Crippen molar-refractivity contribution in [2.45, 2.75) is 50.6 Å². The predicted octanol–water partition coefficient (Wildman–Crippen LogP) is 2.51. The normalized spacial score (nSPS) is 24.1. The van der Waals surface area contributed by atoms with Crippen LogP contribution in [0.1, 0.15) is 36.8 Å². The van der Waals surface area contributed by atoms with E-state index >= 15 is 0 Å². The van der Waals surface area contributed by atoms with Gasteiger partial charge in [-0.25, -0.2) is 0 Å². The molecule has 0 spiro atoms. The molecule has 0 amide bonds. The minimum Gasteiger partial charge on any atom is -0.379 e. The molecule has 116 valence electrons. The van der Waals surface area contributed by atoms with Crippen LogP contribution in [-0.4, -0.2) is 42.8 Å². The fourth-order valence-electron chi connectivity index (χ4n) is 4.09. The van der Waals surface area contributed by atoms with Crippen molar-refractivity contribution in [1.82, 2.24) is 4.90 Å². The molecule has 1 unspecified atom stereocenters. The van der Waals surface area contributed by atoms with Gasteiger partial charge in [-0.2, -0.15) is 0 Å². The zero-order valence-corrected chi connectivity index (χ0v) is 13.2. The molecule has 1 aromatic rings. The lowest BCUT2D eigenvalue weighted by atomic mass is 9.82. The van der Waals surface area contributed by atoms with Crippen molar-refractivity contribution < 1.29 is 4.74 Å². The predicted molar refractivity (Wildman–Crippen MR) is 86.4 cm³/mol. The quantitative estimate of drug-likeness (QED) is 0.925. The molecule has 0 aromatic heterocycles. The molecule has 1 aliphatic carbocycles. The smallest absolute Gasteiger partial charge is 0.0594 e. The van der Waals surface area contributed by atoms with Crippen molar-refractivity contribution in [1.29, 1.82) is 0 Å². The molecule has 2 fully saturated rings. The van der Waals surface area contributed by atoms with E-state index in [1.54, 1.807) is 0 Å². The summed E-state index contributed by atoms with van der Waals surface area (Å²) in [7, 11) is 0. The van der Waals surface area contributed by atoms with Crippen LogP contribution < -0.4 is 5.73 Å². The number of nitrogens with two attached hydrogens (primary N) is 1. The van der Waals surface area contributed by atoms with Crippen LogP contribution in [-0.2, 0) is 11.2 Å². The summed E-state index contributed by atoms with van der Waals surface area (Å²) in [5.74, 6) is 0. The number of ether oxygens (including phenoxy) is 1. The largest absolute Gasteiger partial charge is 0.379 e. The molecular formula is C18H28N2O. The van der Waals surface area contributed by atoms with Crippen molar-refractivity contribution in [2.24, 2.45) is 5.73 Å². The highest BCUT2D eigenvalue weighted by Gasteiger charge is 2.44. The van der Waals surface area contributed by atoms with E-state index in [0.29, 0.717) is 0 Å². The molecule has 0 bridgehead atoms. The third kappa shape index (κ3) is 3.15. The molecule has 1 aromatic carbocycles. The van der Waals surface area contributed by atoms with Crippen LogP contribution in [0.4, 0.5) is 0 Å². The SMILES string of the molecule is Cc1ccc(CC(N)C2(N3CCOCC3)CCCC2)cc1. The zero-order chi connectivity index (χ0) is 14.7. The maximum atomic E-state index is 6.73. The van der Waals surface area contributed by atoms with Gasteiger partial charge in [-0.1, -0.05) is 42.7 Å². The van der Waals surface area contributed by atoms with Gasteiger partial charge in [-0.3, -0.25) is 4.90 Å². The lowest BCUT2D eigenvalue weighted by Crippen LogP contribution is -2.61. The summed E-state index contributed by atoms with van der Waals surface area (Å²) in [6, 6.07) is 9.07. The average molecular weight is 288 g/mol. The standard InChI is InChI=1S/C18H28N2O/c1-15-4-6-16(7-5-15)14-17(19)18(8-2-3-9-18)20-10-12-21-13-11-20/h4-7,17H,2-3,8-14,19H2,1H3. The van der Waals surface area contributed by atoms with Gasteiger partial charge in [-0.05, 0) is 31.7 Å². The Labute approximate surface area is 128 Å². The first-order chi connectivity index (χ1) is 10.2. The van der Waals surface area contributed by atoms with Gasteiger partial charge in [0.05, 0.1) is 13.2 Å². The third-order valence-electron chi connectivity index (χ3n) is 5.38. The number of hydrogen-bond acceptors (Lipinski definition) is 3. The van der Waals surface area contributed by atoms with E-state index < -0.39 is 0 Å². The number of benzene rings is 1. The molecule has 0 radical (unpaired) electrons. The molecule has 1 saturated carbocycles. The molecule has 3 nitrogen and oxygen atoms in total. The van der Waals surface area contributed by atoms with Crippen LogP contribution >= 0.6 is 0 Å². The zero-order valence-electron chi connectivity index (χ0n) is 13.2. The van der Waals surface area contributed by atoms with Crippen LogP contribution in [0.2, 0.25) is 0 Å². The van der Waals surface area contributed by atoms with Crippen LogP contribution in [0.5, 0.6) is 0 Å². The first-order valence-corrected chi connectivity index (χ1v) is 8.35. The van der Waals surface area contributed by atoms with Gasteiger partial charge in [0.25, 0.3) is 0 Å². The second-order valence-electron chi connectivity index (χ2n) is 6.71. The lowest BCUT2D eigenvalue weighted by Gasteiger charge is -2.47. The molecule has 1 saturated heterocycles. The van der Waals surface area contributed by atoms with Crippen LogP contribution in [0, 0.1) is 6.92 Å². The molecule has 2 aliphatic rings. The number of nitrogens with zero attached hydrogens (tertiary/aromatic N) is 1. The highest BCUT2D eigenvalue weighted by Crippen LogP contribution is 2.38. The lowest BCUT2D eigenvalue weighted by molar-refractivity contribution is -0.0305. The van der Waals surface area contributed by atoms with Crippen molar-refractivity contribution in [3.05, 3.63) is 35.4 Å². The van der Waals surface area contributed by atoms with Gasteiger partial charge in [0, 0.05) is 24.7 Å². The molecule has 2 N–H and O–H groups in total. The molecule has 3 heteroatoms. The van der Waals surface area contributed by atoms with E-state index in [-0.39, 0.29) is 11.6 Å². The van der Waals surface area contributed by atoms with Crippen molar-refractivity contribution >= 4 is 0 Å². The summed E-state index contributed by atoms with van der Waals surface area (Å²) >= 11 is 0. The minimum absolute atomic E-state index is 0.203. The van der Waals surface area contributed by atoms with Crippen molar-refractivity contribution in [3.8, 4) is 0 Å². The summed E-state index contributed by atoms with van der Waals surface area (Å²) in [5, 5.41) is 0. The van der Waals surface area contributed by atoms with E-state index in [9.17, 15) is 0 Å². The Hall–Kier alpha value is -0.900. The Kier molecular flexibility index (Phi) is 4.63. The Morgan fingerprint density at radius 2 is 1.76 bits per heavy atom. The topological polar surface area (TPSA) is 38.5 Å². The summed E-state index contributed by atoms with van der Waals surface area (Å²) in [5.41, 5.74) is 9.62. The van der Waals surface area contributed by atoms with Crippen LogP contribution in [0.15, 0.2) is 24.3 Å². The van der Waals surface area contributed by atoms with E-state index in [2.05, 4.69) is 36.1 Å². The maximum Gasteiger partial charge on any atom is 0.0594 e. The van der Waals surface area contributed by atoms with Crippen LogP contribution in [0.25, 0.3) is 0 Å². The molecule has 1 atom stereocenters. The number of morpholine rings is 1. The van der Waals surface area contributed by atoms with Crippen LogP contribution in [0.3, 0.4) is 0 Å². The Morgan fingerprint density at radius 1 is 1.14 bits per heavy atom. The van der Waals surface area contributed by atoms with Gasteiger partial charge in [0.1, 0.15) is 0 Å². The summed E-state index contributed by atoms with van der Waals surface area (Å²) in [6.07, 6.45) is 6.12. The Bertz CT molecular complexity index is 445. The Morgan fingerprint density at radius 3 is 2.38 bits per heavy atom. The van der Waals surface area contributed by atoms with E-state index in [1.165, 1.54) is 36.8 Å².